The van der Waals surface area contributed by atoms with Gasteiger partial charge in [-0.3, -0.25) is 9.74 Å². The SMILES string of the molecule is COc1cc(N2CC(N3CCN(C)CC3)C2)ccc1Nc1cc(N2OCCC2c2cccc(F)c2F)ncn1. The first kappa shape index (κ1) is 25.7. The van der Waals surface area contributed by atoms with Crippen LogP contribution in [-0.2, 0) is 4.84 Å². The molecule has 3 aromatic rings. The summed E-state index contributed by atoms with van der Waals surface area (Å²) in [6.07, 6.45) is 1.92. The zero-order valence-electron chi connectivity index (χ0n) is 22.2. The summed E-state index contributed by atoms with van der Waals surface area (Å²) in [7, 11) is 3.83. The van der Waals surface area contributed by atoms with Crippen molar-refractivity contribution >= 4 is 23.0 Å². The van der Waals surface area contributed by atoms with Crippen molar-refractivity contribution in [2.24, 2.45) is 0 Å². The highest BCUT2D eigenvalue weighted by Gasteiger charge is 2.34. The molecule has 1 aromatic heterocycles. The minimum Gasteiger partial charge on any atom is -0.494 e. The van der Waals surface area contributed by atoms with Gasteiger partial charge in [0.05, 0.1) is 25.4 Å². The molecular weight excluding hydrogens is 504 g/mol. The van der Waals surface area contributed by atoms with E-state index in [1.807, 2.05) is 12.1 Å². The largest absolute Gasteiger partial charge is 0.494 e. The van der Waals surface area contributed by atoms with Crippen LogP contribution in [-0.4, -0.2) is 85.8 Å². The van der Waals surface area contributed by atoms with Crippen LogP contribution in [0.3, 0.4) is 0 Å². The van der Waals surface area contributed by atoms with Crippen LogP contribution in [0.15, 0.2) is 48.8 Å². The van der Waals surface area contributed by atoms with Gasteiger partial charge in [0.15, 0.2) is 17.5 Å². The molecule has 0 spiro atoms. The number of likely N-dealkylation sites (N-methyl/N-ethyl adjacent to an activating group) is 1. The smallest absolute Gasteiger partial charge is 0.164 e. The van der Waals surface area contributed by atoms with Crippen molar-refractivity contribution in [3.8, 4) is 5.75 Å². The summed E-state index contributed by atoms with van der Waals surface area (Å²) in [5.74, 6) is -0.0722. The number of ether oxygens (including phenoxy) is 1. The zero-order valence-corrected chi connectivity index (χ0v) is 22.2. The minimum absolute atomic E-state index is 0.235. The lowest BCUT2D eigenvalue weighted by molar-refractivity contribution is 0.0963. The molecule has 0 bridgehead atoms. The highest BCUT2D eigenvalue weighted by atomic mass is 19.2. The number of halogens is 2. The Balaban J connectivity index is 1.14. The molecule has 39 heavy (non-hydrogen) atoms. The van der Waals surface area contributed by atoms with E-state index in [2.05, 4.69) is 43.1 Å². The first-order valence-corrected chi connectivity index (χ1v) is 13.3. The fourth-order valence-corrected chi connectivity index (χ4v) is 5.49. The van der Waals surface area contributed by atoms with Crippen LogP contribution in [0.5, 0.6) is 5.75 Å². The summed E-state index contributed by atoms with van der Waals surface area (Å²) in [5, 5.41) is 4.82. The van der Waals surface area contributed by atoms with Crippen molar-refractivity contribution in [2.75, 3.05) is 75.3 Å². The average Bonchev–Trinajstić information content (AvgIpc) is 3.41. The molecule has 0 radical (unpaired) electrons. The van der Waals surface area contributed by atoms with Crippen molar-refractivity contribution in [3.63, 3.8) is 0 Å². The monoisotopic (exact) mass is 537 g/mol. The second-order valence-electron chi connectivity index (χ2n) is 10.3. The highest BCUT2D eigenvalue weighted by Crippen LogP contribution is 2.38. The molecule has 0 saturated carbocycles. The van der Waals surface area contributed by atoms with Crippen LogP contribution >= 0.6 is 0 Å². The van der Waals surface area contributed by atoms with Crippen molar-refractivity contribution in [1.29, 1.82) is 0 Å². The van der Waals surface area contributed by atoms with Gasteiger partial charge in [0.2, 0.25) is 0 Å². The van der Waals surface area contributed by atoms with Gasteiger partial charge in [-0.1, -0.05) is 12.1 Å². The Morgan fingerprint density at radius 3 is 2.64 bits per heavy atom. The van der Waals surface area contributed by atoms with Gasteiger partial charge >= 0.3 is 0 Å². The molecule has 0 amide bonds. The van der Waals surface area contributed by atoms with E-state index >= 15 is 0 Å². The minimum atomic E-state index is -0.881. The molecule has 206 valence electrons. The summed E-state index contributed by atoms with van der Waals surface area (Å²) >= 11 is 0. The number of hydrogen-bond donors (Lipinski definition) is 1. The third kappa shape index (κ3) is 5.21. The number of hydrogen-bond acceptors (Lipinski definition) is 9. The Hall–Kier alpha value is -3.54. The Kier molecular flexibility index (Phi) is 7.20. The van der Waals surface area contributed by atoms with Crippen LogP contribution < -0.4 is 20.0 Å². The Bertz CT molecular complexity index is 1310. The molecule has 3 fully saturated rings. The van der Waals surface area contributed by atoms with Crippen LogP contribution in [0.1, 0.15) is 18.0 Å². The lowest BCUT2D eigenvalue weighted by atomic mass is 10.0. The van der Waals surface area contributed by atoms with Gasteiger partial charge < -0.3 is 19.9 Å². The maximum Gasteiger partial charge on any atom is 0.164 e. The number of rotatable bonds is 7. The van der Waals surface area contributed by atoms with E-state index in [4.69, 9.17) is 9.57 Å². The van der Waals surface area contributed by atoms with Gasteiger partial charge in [0.1, 0.15) is 17.9 Å². The average molecular weight is 538 g/mol. The summed E-state index contributed by atoms with van der Waals surface area (Å²) < 4.78 is 34.1. The number of anilines is 4. The first-order chi connectivity index (χ1) is 19.0. The molecule has 4 heterocycles. The Labute approximate surface area is 226 Å². The van der Waals surface area contributed by atoms with Crippen molar-refractivity contribution in [1.82, 2.24) is 19.8 Å². The normalized spacial score (nSPS) is 20.8. The van der Waals surface area contributed by atoms with E-state index in [0.717, 1.165) is 56.7 Å². The van der Waals surface area contributed by atoms with E-state index in [0.29, 0.717) is 36.5 Å². The van der Waals surface area contributed by atoms with Gasteiger partial charge in [-0.25, -0.2) is 23.8 Å². The van der Waals surface area contributed by atoms with Crippen molar-refractivity contribution in [3.05, 3.63) is 66.0 Å². The number of benzene rings is 2. The lowest BCUT2D eigenvalue weighted by Crippen LogP contribution is -2.63. The van der Waals surface area contributed by atoms with Crippen LogP contribution in [0.25, 0.3) is 0 Å². The predicted octanol–water partition coefficient (Wildman–Crippen LogP) is 3.83. The molecule has 6 rings (SSSR count). The lowest BCUT2D eigenvalue weighted by Gasteiger charge is -2.48. The maximum absolute atomic E-state index is 14.5. The van der Waals surface area contributed by atoms with E-state index in [9.17, 15) is 8.78 Å². The highest BCUT2D eigenvalue weighted by molar-refractivity contribution is 5.70. The molecule has 9 nitrogen and oxygen atoms in total. The molecule has 11 heteroatoms. The topological polar surface area (TPSA) is 69.2 Å². The van der Waals surface area contributed by atoms with Crippen LogP contribution in [0.2, 0.25) is 0 Å². The van der Waals surface area contributed by atoms with Gasteiger partial charge in [-0.2, -0.15) is 0 Å². The maximum atomic E-state index is 14.5. The fraction of sp³-hybridized carbons (Fsp3) is 0.429. The van der Waals surface area contributed by atoms with Crippen LogP contribution in [0, 0.1) is 11.6 Å². The number of methoxy groups -OCH3 is 1. The molecule has 3 aliphatic rings. The molecule has 3 aliphatic heterocycles. The third-order valence-corrected chi connectivity index (χ3v) is 7.85. The second-order valence-corrected chi connectivity index (χ2v) is 10.3. The summed E-state index contributed by atoms with van der Waals surface area (Å²) in [6.45, 7) is 6.90. The Morgan fingerprint density at radius 1 is 1.03 bits per heavy atom. The number of nitrogens with one attached hydrogen (secondary N) is 1. The van der Waals surface area contributed by atoms with E-state index < -0.39 is 17.7 Å². The molecular formula is C28H33F2N7O2. The number of piperazine rings is 1. The van der Waals surface area contributed by atoms with E-state index in [-0.39, 0.29) is 5.56 Å². The molecule has 1 N–H and O–H groups in total. The van der Waals surface area contributed by atoms with Crippen LogP contribution in [0.4, 0.5) is 31.8 Å². The molecule has 0 aliphatic carbocycles. The Morgan fingerprint density at radius 2 is 1.85 bits per heavy atom. The molecule has 1 atom stereocenters. The van der Waals surface area contributed by atoms with Gasteiger partial charge in [0, 0.05) is 75.1 Å². The van der Waals surface area contributed by atoms with Crippen molar-refractivity contribution < 1.29 is 18.4 Å². The number of aromatic nitrogens is 2. The summed E-state index contributed by atoms with van der Waals surface area (Å²) in [5.41, 5.74) is 2.12. The predicted molar refractivity (Wildman–Crippen MR) is 146 cm³/mol. The van der Waals surface area contributed by atoms with Gasteiger partial charge in [-0.05, 0) is 25.2 Å². The molecule has 3 saturated heterocycles. The summed E-state index contributed by atoms with van der Waals surface area (Å²) in [4.78, 5) is 21.8. The molecule has 2 aromatic carbocycles. The summed E-state index contributed by atoms with van der Waals surface area (Å²) in [6, 6.07) is 12.1. The van der Waals surface area contributed by atoms with E-state index in [1.54, 1.807) is 19.2 Å². The van der Waals surface area contributed by atoms with Gasteiger partial charge in [-0.15, -0.1) is 0 Å². The third-order valence-electron chi connectivity index (χ3n) is 7.85. The zero-order chi connectivity index (χ0) is 26.9. The van der Waals surface area contributed by atoms with Crippen molar-refractivity contribution in [2.45, 2.75) is 18.5 Å². The fourth-order valence-electron chi connectivity index (χ4n) is 5.49. The van der Waals surface area contributed by atoms with E-state index in [1.165, 1.54) is 17.5 Å². The quantitative estimate of drug-likeness (QED) is 0.484. The van der Waals surface area contributed by atoms with Gasteiger partial charge in [0.25, 0.3) is 0 Å². The number of hydroxylamine groups is 1. The molecule has 1 unspecified atom stereocenters. The standard InChI is InChI=1S/C28H33F2N7O2/c1-34-9-11-35(12-10-34)20-16-36(17-20)19-6-7-23(25(14-19)38-2)33-26-15-27(32-18-31-26)37-24(8-13-39-37)21-4-3-5-22(29)28(21)30/h3-7,14-15,18,20,24H,8-13,16-17H2,1-2H3,(H,31,32,33). The number of nitrogens with zero attached hydrogens (tertiary/aromatic N) is 6. The second kappa shape index (κ2) is 10.9. The first-order valence-electron chi connectivity index (χ1n) is 13.3.